The van der Waals surface area contributed by atoms with Gasteiger partial charge in [0.15, 0.2) is 6.04 Å². The van der Waals surface area contributed by atoms with Gasteiger partial charge in [0.2, 0.25) is 0 Å². The second-order valence-corrected chi connectivity index (χ2v) is 5.77. The topological polar surface area (TPSA) is 78.9 Å². The predicted octanol–water partition coefficient (Wildman–Crippen LogP) is 1.55. The first-order chi connectivity index (χ1) is 9.61. The third-order valence-electron chi connectivity index (χ3n) is 3.32. The van der Waals surface area contributed by atoms with Gasteiger partial charge in [-0.1, -0.05) is 6.07 Å². The van der Waals surface area contributed by atoms with E-state index in [4.69, 9.17) is 4.74 Å². The smallest absolute Gasteiger partial charge is 0.331 e. The number of ether oxygens (including phenoxy) is 1. The highest BCUT2D eigenvalue weighted by molar-refractivity contribution is 7.10. The zero-order valence-electron chi connectivity index (χ0n) is 11.2. The molecule has 0 saturated carbocycles. The third-order valence-corrected chi connectivity index (χ3v) is 4.26. The van der Waals surface area contributed by atoms with Gasteiger partial charge in [0.1, 0.15) is 0 Å². The molecule has 2 amide bonds. The number of carbonyl (C=O) groups is 2. The second kappa shape index (κ2) is 6.71. The van der Waals surface area contributed by atoms with E-state index in [2.05, 4.69) is 5.32 Å². The number of hydrogen-bond acceptors (Lipinski definition) is 4. The van der Waals surface area contributed by atoms with Crippen LogP contribution in [0.3, 0.4) is 0 Å². The molecule has 1 fully saturated rings. The summed E-state index contributed by atoms with van der Waals surface area (Å²) in [7, 11) is 1.64. The predicted molar refractivity (Wildman–Crippen MR) is 74.8 cm³/mol. The maximum Gasteiger partial charge on any atom is 0.331 e. The first-order valence-electron chi connectivity index (χ1n) is 6.42. The van der Waals surface area contributed by atoms with E-state index in [1.807, 2.05) is 0 Å². The molecule has 1 aliphatic rings. The van der Waals surface area contributed by atoms with Crippen molar-refractivity contribution >= 4 is 23.3 Å². The van der Waals surface area contributed by atoms with Crippen LogP contribution in [0.5, 0.6) is 0 Å². The number of urea groups is 1. The summed E-state index contributed by atoms with van der Waals surface area (Å²) in [5, 5.41) is 13.6. The summed E-state index contributed by atoms with van der Waals surface area (Å²) < 4.78 is 5.08. The summed E-state index contributed by atoms with van der Waals surface area (Å²) in [6, 6.07) is 2.17. The van der Waals surface area contributed by atoms with Gasteiger partial charge in [-0.3, -0.25) is 0 Å². The highest BCUT2D eigenvalue weighted by atomic mass is 32.1. The number of hydrogen-bond donors (Lipinski definition) is 2. The fraction of sp³-hybridized carbons (Fsp3) is 0.538. The maximum atomic E-state index is 12.1. The standard InChI is InChI=1S/C13H18N2O4S/c1-19-8-9-4-5-15(7-9)13(18)14-11(12(16)17)10-3-2-6-20-10/h2-3,6,9,11H,4-5,7-8H2,1H3,(H,14,18)(H,16,17). The molecule has 6 nitrogen and oxygen atoms in total. The molecule has 2 atom stereocenters. The van der Waals surface area contributed by atoms with Crippen molar-refractivity contribution in [3.63, 3.8) is 0 Å². The van der Waals surface area contributed by atoms with Crippen LogP contribution in [0.15, 0.2) is 17.5 Å². The molecule has 1 aromatic rings. The maximum absolute atomic E-state index is 12.1. The fourth-order valence-electron chi connectivity index (χ4n) is 2.31. The first-order valence-corrected chi connectivity index (χ1v) is 7.30. The normalized spacial score (nSPS) is 19.9. The lowest BCUT2D eigenvalue weighted by Gasteiger charge is -2.20. The summed E-state index contributed by atoms with van der Waals surface area (Å²) in [6.07, 6.45) is 0.887. The largest absolute Gasteiger partial charge is 0.479 e. The summed E-state index contributed by atoms with van der Waals surface area (Å²) in [5.41, 5.74) is 0. The summed E-state index contributed by atoms with van der Waals surface area (Å²) in [6.45, 7) is 1.87. The number of aliphatic carboxylic acids is 1. The molecule has 2 N–H and O–H groups in total. The highest BCUT2D eigenvalue weighted by Gasteiger charge is 2.30. The Morgan fingerprint density at radius 1 is 1.65 bits per heavy atom. The fourth-order valence-corrected chi connectivity index (χ4v) is 3.08. The quantitative estimate of drug-likeness (QED) is 0.864. The average molecular weight is 298 g/mol. The van der Waals surface area contributed by atoms with Crippen LogP contribution in [-0.4, -0.2) is 48.8 Å². The van der Waals surface area contributed by atoms with Crippen molar-refractivity contribution in [1.82, 2.24) is 10.2 Å². The molecule has 0 spiro atoms. The lowest BCUT2D eigenvalue weighted by Crippen LogP contribution is -2.42. The molecular weight excluding hydrogens is 280 g/mol. The third kappa shape index (κ3) is 3.49. The Morgan fingerprint density at radius 3 is 3.05 bits per heavy atom. The zero-order valence-corrected chi connectivity index (χ0v) is 12.1. The van der Waals surface area contributed by atoms with E-state index >= 15 is 0 Å². The van der Waals surface area contributed by atoms with Crippen LogP contribution in [0, 0.1) is 5.92 Å². The van der Waals surface area contributed by atoms with Crippen LogP contribution < -0.4 is 5.32 Å². The first kappa shape index (κ1) is 14.8. The van der Waals surface area contributed by atoms with Gasteiger partial charge in [0.05, 0.1) is 6.61 Å². The molecule has 2 rings (SSSR count). The Hall–Kier alpha value is -1.60. The molecule has 7 heteroatoms. The van der Waals surface area contributed by atoms with Gasteiger partial charge in [-0.2, -0.15) is 0 Å². The van der Waals surface area contributed by atoms with Crippen LogP contribution in [0.25, 0.3) is 0 Å². The molecule has 110 valence electrons. The lowest BCUT2D eigenvalue weighted by molar-refractivity contribution is -0.139. The van der Waals surface area contributed by atoms with E-state index in [-0.39, 0.29) is 6.03 Å². The summed E-state index contributed by atoms with van der Waals surface area (Å²) >= 11 is 1.32. The molecule has 0 radical (unpaired) electrons. The molecule has 2 heterocycles. The van der Waals surface area contributed by atoms with E-state index < -0.39 is 12.0 Å². The number of amides is 2. The molecule has 1 saturated heterocycles. The van der Waals surface area contributed by atoms with Crippen molar-refractivity contribution in [2.45, 2.75) is 12.5 Å². The van der Waals surface area contributed by atoms with Crippen LogP contribution in [-0.2, 0) is 9.53 Å². The van der Waals surface area contributed by atoms with E-state index in [0.29, 0.717) is 30.5 Å². The van der Waals surface area contributed by atoms with Crippen molar-refractivity contribution in [1.29, 1.82) is 0 Å². The average Bonchev–Trinajstić information content (AvgIpc) is 3.06. The Bertz CT molecular complexity index is 463. The molecular formula is C13H18N2O4S. The van der Waals surface area contributed by atoms with Gasteiger partial charge < -0.3 is 20.1 Å². The van der Waals surface area contributed by atoms with Crippen LogP contribution in [0.1, 0.15) is 17.3 Å². The summed E-state index contributed by atoms with van der Waals surface area (Å²) in [4.78, 5) is 25.7. The SMILES string of the molecule is COCC1CCN(C(=O)NC(C(=O)O)c2cccs2)C1. The van der Waals surface area contributed by atoms with E-state index in [1.165, 1.54) is 11.3 Å². The Kier molecular flexibility index (Phi) is 4.97. The van der Waals surface area contributed by atoms with Crippen LogP contribution in [0.4, 0.5) is 4.79 Å². The number of carboxylic acid groups (broad SMARTS) is 1. The van der Waals surface area contributed by atoms with Crippen molar-refractivity contribution in [2.24, 2.45) is 5.92 Å². The summed E-state index contributed by atoms with van der Waals surface area (Å²) in [5.74, 6) is -0.718. The minimum Gasteiger partial charge on any atom is -0.479 e. The van der Waals surface area contributed by atoms with Crippen LogP contribution in [0.2, 0.25) is 0 Å². The number of rotatable bonds is 5. The number of thiophene rings is 1. The Balaban J connectivity index is 1.94. The number of nitrogens with zero attached hydrogens (tertiary/aromatic N) is 1. The second-order valence-electron chi connectivity index (χ2n) is 4.79. The number of carboxylic acids is 1. The number of likely N-dealkylation sites (tertiary alicyclic amines) is 1. The molecule has 0 bridgehead atoms. The Morgan fingerprint density at radius 2 is 2.45 bits per heavy atom. The molecule has 0 aliphatic carbocycles. The van der Waals surface area contributed by atoms with E-state index in [9.17, 15) is 14.7 Å². The van der Waals surface area contributed by atoms with Crippen LogP contribution >= 0.6 is 11.3 Å². The Labute approximate surface area is 121 Å². The van der Waals surface area contributed by atoms with Crippen molar-refractivity contribution in [2.75, 3.05) is 26.8 Å². The highest BCUT2D eigenvalue weighted by Crippen LogP contribution is 2.21. The minimum absolute atomic E-state index is 0.329. The molecule has 20 heavy (non-hydrogen) atoms. The lowest BCUT2D eigenvalue weighted by atomic mass is 10.1. The number of methoxy groups -OCH3 is 1. The van der Waals surface area contributed by atoms with Gasteiger partial charge >= 0.3 is 12.0 Å². The van der Waals surface area contributed by atoms with Crippen molar-refractivity contribution in [3.8, 4) is 0 Å². The minimum atomic E-state index is -1.05. The van der Waals surface area contributed by atoms with Crippen molar-refractivity contribution in [3.05, 3.63) is 22.4 Å². The molecule has 2 unspecified atom stereocenters. The van der Waals surface area contributed by atoms with E-state index in [1.54, 1.807) is 29.5 Å². The molecule has 0 aromatic carbocycles. The van der Waals surface area contributed by atoms with Gasteiger partial charge in [0.25, 0.3) is 0 Å². The van der Waals surface area contributed by atoms with Crippen molar-refractivity contribution < 1.29 is 19.4 Å². The number of carbonyl (C=O) groups excluding carboxylic acids is 1. The van der Waals surface area contributed by atoms with Gasteiger partial charge in [0, 0.05) is 31.0 Å². The van der Waals surface area contributed by atoms with Gasteiger partial charge in [-0.25, -0.2) is 9.59 Å². The van der Waals surface area contributed by atoms with Gasteiger partial charge in [-0.05, 0) is 17.9 Å². The van der Waals surface area contributed by atoms with E-state index in [0.717, 1.165) is 6.42 Å². The van der Waals surface area contributed by atoms with Gasteiger partial charge in [-0.15, -0.1) is 11.3 Å². The number of nitrogens with one attached hydrogen (secondary N) is 1. The molecule has 1 aromatic heterocycles. The monoisotopic (exact) mass is 298 g/mol. The zero-order chi connectivity index (χ0) is 14.5. The molecule has 1 aliphatic heterocycles.